The fraction of sp³-hybridized carbons (Fsp3) is 0.708. The van der Waals surface area contributed by atoms with Crippen molar-refractivity contribution in [2.75, 3.05) is 46.4 Å². The first-order valence-corrected chi connectivity index (χ1v) is 11.6. The van der Waals surface area contributed by atoms with Crippen molar-refractivity contribution in [3.63, 3.8) is 0 Å². The number of benzene rings is 1. The molecule has 176 valence electrons. The van der Waals surface area contributed by atoms with E-state index in [2.05, 4.69) is 70.5 Å². The molecule has 0 bridgehead atoms. The average Bonchev–Trinajstić information content (AvgIpc) is 2.75. The van der Waals surface area contributed by atoms with Crippen molar-refractivity contribution < 1.29 is 4.74 Å². The standard InChI is InChI=1S/C24H41N5O.HI/c1-20-17-28(13-14-30-20)18-22-10-8-9-21(15-22)16-26-23(25-4)27-19-24(2,3)29-11-6-5-7-12-29;/h8-10,15,20H,5-7,11-14,16-19H2,1-4H3,(H2,25,26,27);1H. The van der Waals surface area contributed by atoms with Gasteiger partial charge in [-0.15, -0.1) is 24.0 Å². The molecule has 1 unspecified atom stereocenters. The van der Waals surface area contributed by atoms with Gasteiger partial charge in [0.1, 0.15) is 0 Å². The van der Waals surface area contributed by atoms with Crippen LogP contribution in [-0.2, 0) is 17.8 Å². The van der Waals surface area contributed by atoms with Gasteiger partial charge in [-0.3, -0.25) is 14.8 Å². The number of likely N-dealkylation sites (tertiary alicyclic amines) is 1. The Bertz CT molecular complexity index is 690. The fourth-order valence-corrected chi connectivity index (χ4v) is 4.45. The third-order valence-corrected chi connectivity index (χ3v) is 6.31. The smallest absolute Gasteiger partial charge is 0.191 e. The predicted octanol–water partition coefficient (Wildman–Crippen LogP) is 3.45. The van der Waals surface area contributed by atoms with Crippen LogP contribution in [-0.4, -0.2) is 73.8 Å². The minimum absolute atomic E-state index is 0. The molecule has 0 aromatic heterocycles. The van der Waals surface area contributed by atoms with Gasteiger partial charge in [0.25, 0.3) is 0 Å². The zero-order chi connectivity index (χ0) is 21.4. The third kappa shape index (κ3) is 8.51. The molecule has 2 aliphatic rings. The number of aliphatic imine (C=N–C) groups is 1. The Kier molecular flexibility index (Phi) is 11.0. The first kappa shape index (κ1) is 26.4. The Balaban J connectivity index is 0.00000341. The van der Waals surface area contributed by atoms with E-state index in [9.17, 15) is 0 Å². The van der Waals surface area contributed by atoms with Gasteiger partial charge >= 0.3 is 0 Å². The highest BCUT2D eigenvalue weighted by Crippen LogP contribution is 2.19. The van der Waals surface area contributed by atoms with E-state index in [0.717, 1.165) is 45.3 Å². The summed E-state index contributed by atoms with van der Waals surface area (Å²) in [6.07, 6.45) is 4.33. The zero-order valence-corrected chi connectivity index (χ0v) is 22.2. The van der Waals surface area contributed by atoms with E-state index in [0.29, 0.717) is 6.10 Å². The summed E-state index contributed by atoms with van der Waals surface area (Å²) in [5.74, 6) is 0.868. The maximum atomic E-state index is 5.66. The van der Waals surface area contributed by atoms with Crippen LogP contribution in [0.25, 0.3) is 0 Å². The Labute approximate surface area is 206 Å². The van der Waals surface area contributed by atoms with Crippen molar-refractivity contribution in [1.29, 1.82) is 0 Å². The van der Waals surface area contributed by atoms with E-state index in [4.69, 9.17) is 4.74 Å². The lowest BCUT2D eigenvalue weighted by Gasteiger charge is -2.41. The fourth-order valence-electron chi connectivity index (χ4n) is 4.45. The molecule has 1 aromatic rings. The van der Waals surface area contributed by atoms with Crippen molar-refractivity contribution in [3.8, 4) is 0 Å². The van der Waals surface area contributed by atoms with Gasteiger partial charge in [-0.1, -0.05) is 30.7 Å². The summed E-state index contributed by atoms with van der Waals surface area (Å²) in [5.41, 5.74) is 2.78. The number of nitrogens with zero attached hydrogens (tertiary/aromatic N) is 3. The summed E-state index contributed by atoms with van der Waals surface area (Å²) in [7, 11) is 1.85. The van der Waals surface area contributed by atoms with E-state index >= 15 is 0 Å². The van der Waals surface area contributed by atoms with Crippen LogP contribution in [0.4, 0.5) is 0 Å². The minimum Gasteiger partial charge on any atom is -0.376 e. The monoisotopic (exact) mass is 543 g/mol. The predicted molar refractivity (Wildman–Crippen MR) is 140 cm³/mol. The number of ether oxygens (including phenoxy) is 1. The molecular formula is C24H42IN5O. The van der Waals surface area contributed by atoms with Crippen LogP contribution in [0.5, 0.6) is 0 Å². The summed E-state index contributed by atoms with van der Waals surface area (Å²) in [5, 5.41) is 7.02. The van der Waals surface area contributed by atoms with Gasteiger partial charge < -0.3 is 15.4 Å². The second kappa shape index (κ2) is 13.0. The minimum atomic E-state index is 0. The van der Waals surface area contributed by atoms with E-state index in [1.807, 2.05) is 7.05 Å². The number of rotatable bonds is 7. The molecule has 0 radical (unpaired) electrons. The van der Waals surface area contributed by atoms with Gasteiger partial charge in [0, 0.05) is 45.3 Å². The third-order valence-electron chi connectivity index (χ3n) is 6.31. The molecular weight excluding hydrogens is 501 g/mol. The highest BCUT2D eigenvalue weighted by molar-refractivity contribution is 14.0. The van der Waals surface area contributed by atoms with Crippen LogP contribution in [0.15, 0.2) is 29.3 Å². The van der Waals surface area contributed by atoms with Crippen LogP contribution in [0.3, 0.4) is 0 Å². The quantitative estimate of drug-likeness (QED) is 0.314. The van der Waals surface area contributed by atoms with E-state index in [-0.39, 0.29) is 29.5 Å². The Morgan fingerprint density at radius 3 is 2.58 bits per heavy atom. The first-order chi connectivity index (χ1) is 14.5. The topological polar surface area (TPSA) is 52.1 Å². The van der Waals surface area contributed by atoms with Crippen LogP contribution < -0.4 is 10.6 Å². The molecule has 2 aliphatic heterocycles. The molecule has 2 heterocycles. The highest BCUT2D eigenvalue weighted by atomic mass is 127. The normalized spacial score (nSPS) is 21.4. The largest absolute Gasteiger partial charge is 0.376 e. The van der Waals surface area contributed by atoms with Crippen LogP contribution in [0.2, 0.25) is 0 Å². The molecule has 31 heavy (non-hydrogen) atoms. The molecule has 0 spiro atoms. The molecule has 0 aliphatic carbocycles. The lowest BCUT2D eigenvalue weighted by molar-refractivity contribution is -0.0212. The van der Waals surface area contributed by atoms with Crippen molar-refractivity contribution >= 4 is 29.9 Å². The SMILES string of the molecule is CN=C(NCc1cccc(CN2CCOC(C)C2)c1)NCC(C)(C)N1CCCCC1.I. The first-order valence-electron chi connectivity index (χ1n) is 11.6. The van der Waals surface area contributed by atoms with Gasteiger partial charge in [0.05, 0.1) is 12.7 Å². The summed E-state index contributed by atoms with van der Waals surface area (Å²) in [6, 6.07) is 8.87. The summed E-state index contributed by atoms with van der Waals surface area (Å²) in [4.78, 5) is 9.51. The van der Waals surface area contributed by atoms with Gasteiger partial charge in [0.15, 0.2) is 5.96 Å². The lowest BCUT2D eigenvalue weighted by Crippen LogP contribution is -2.54. The van der Waals surface area contributed by atoms with E-state index in [1.165, 1.54) is 43.5 Å². The van der Waals surface area contributed by atoms with E-state index in [1.54, 1.807) is 0 Å². The number of halogens is 1. The van der Waals surface area contributed by atoms with Gasteiger partial charge in [-0.05, 0) is 57.8 Å². The second-order valence-corrected chi connectivity index (χ2v) is 9.38. The lowest BCUT2D eigenvalue weighted by atomic mass is 9.98. The summed E-state index contributed by atoms with van der Waals surface area (Å²) >= 11 is 0. The maximum Gasteiger partial charge on any atom is 0.191 e. The number of hydrogen-bond acceptors (Lipinski definition) is 4. The zero-order valence-electron chi connectivity index (χ0n) is 19.8. The maximum absolute atomic E-state index is 5.66. The van der Waals surface area contributed by atoms with Gasteiger partial charge in [-0.2, -0.15) is 0 Å². The number of piperidine rings is 1. The highest BCUT2D eigenvalue weighted by Gasteiger charge is 2.27. The molecule has 7 heteroatoms. The van der Waals surface area contributed by atoms with Crippen molar-refractivity contribution in [3.05, 3.63) is 35.4 Å². The number of guanidine groups is 1. The molecule has 1 atom stereocenters. The molecule has 3 rings (SSSR count). The molecule has 1 aromatic carbocycles. The molecule has 0 saturated carbocycles. The number of hydrogen-bond donors (Lipinski definition) is 2. The Morgan fingerprint density at radius 1 is 1.13 bits per heavy atom. The Hall–Kier alpha value is -0.900. The second-order valence-electron chi connectivity index (χ2n) is 9.38. The van der Waals surface area contributed by atoms with Crippen LogP contribution in [0.1, 0.15) is 51.2 Å². The molecule has 2 saturated heterocycles. The number of morpholine rings is 1. The van der Waals surface area contributed by atoms with Gasteiger partial charge in [0.2, 0.25) is 0 Å². The van der Waals surface area contributed by atoms with Crippen LogP contribution in [0, 0.1) is 0 Å². The van der Waals surface area contributed by atoms with Crippen molar-refractivity contribution in [2.24, 2.45) is 4.99 Å². The van der Waals surface area contributed by atoms with Crippen molar-refractivity contribution in [1.82, 2.24) is 20.4 Å². The van der Waals surface area contributed by atoms with Crippen molar-refractivity contribution in [2.45, 2.75) is 64.8 Å². The molecule has 0 amide bonds. The Morgan fingerprint density at radius 2 is 1.87 bits per heavy atom. The number of nitrogens with one attached hydrogen (secondary N) is 2. The molecule has 2 fully saturated rings. The average molecular weight is 544 g/mol. The summed E-state index contributed by atoms with van der Waals surface area (Å²) < 4.78 is 5.66. The van der Waals surface area contributed by atoms with E-state index < -0.39 is 0 Å². The van der Waals surface area contributed by atoms with Crippen LogP contribution >= 0.6 is 24.0 Å². The molecule has 6 nitrogen and oxygen atoms in total. The van der Waals surface area contributed by atoms with Gasteiger partial charge in [-0.25, -0.2) is 0 Å². The summed E-state index contributed by atoms with van der Waals surface area (Å²) in [6.45, 7) is 14.7. The molecule has 2 N–H and O–H groups in total.